The number of benzene rings is 3. The highest BCUT2D eigenvalue weighted by atomic mass is 35.5. The molecule has 0 radical (unpaired) electrons. The Morgan fingerprint density at radius 1 is 1.07 bits per heavy atom. The smallest absolute Gasteiger partial charge is 0.288 e. The number of carbonyl (C=O) groups is 1. The first kappa shape index (κ1) is 19.8. The molecule has 0 atom stereocenters. The van der Waals surface area contributed by atoms with Crippen LogP contribution in [0.2, 0.25) is 5.02 Å². The normalized spacial score (nSPS) is 11.0. The Labute approximate surface area is 168 Å². The lowest BCUT2D eigenvalue weighted by atomic mass is 10.1. The van der Waals surface area contributed by atoms with E-state index in [1.54, 1.807) is 4.90 Å². The molecule has 0 aromatic heterocycles. The van der Waals surface area contributed by atoms with E-state index in [9.17, 15) is 14.9 Å². The van der Waals surface area contributed by atoms with Crippen LogP contribution >= 0.6 is 11.6 Å². The molecule has 0 saturated heterocycles. The van der Waals surface area contributed by atoms with Crippen molar-refractivity contribution in [3.8, 4) is 0 Å². The number of halogens is 1. The van der Waals surface area contributed by atoms with Gasteiger partial charge in [0, 0.05) is 23.9 Å². The van der Waals surface area contributed by atoms with E-state index in [1.165, 1.54) is 18.2 Å². The predicted octanol–water partition coefficient (Wildman–Crippen LogP) is 6.09. The van der Waals surface area contributed by atoms with Crippen LogP contribution in [0.5, 0.6) is 0 Å². The topological polar surface area (TPSA) is 63.5 Å². The third-order valence-corrected chi connectivity index (χ3v) is 4.93. The predicted molar refractivity (Wildman–Crippen MR) is 113 cm³/mol. The number of hydrogen-bond acceptors (Lipinski definition) is 3. The number of nitro benzene ring substituents is 1. The van der Waals surface area contributed by atoms with Crippen LogP contribution in [-0.2, 0) is 0 Å². The second-order valence-electron chi connectivity index (χ2n) is 7.09. The van der Waals surface area contributed by atoms with E-state index in [4.69, 9.17) is 11.6 Å². The van der Waals surface area contributed by atoms with Gasteiger partial charge in [0.25, 0.3) is 11.6 Å². The van der Waals surface area contributed by atoms with E-state index >= 15 is 0 Å². The summed E-state index contributed by atoms with van der Waals surface area (Å²) in [5.74, 6) is 0.131. The highest BCUT2D eigenvalue weighted by Gasteiger charge is 2.22. The third-order valence-electron chi connectivity index (χ3n) is 4.61. The van der Waals surface area contributed by atoms with E-state index in [0.717, 1.165) is 22.9 Å². The zero-order valence-electron chi connectivity index (χ0n) is 15.8. The van der Waals surface area contributed by atoms with Crippen molar-refractivity contribution in [3.05, 3.63) is 81.4 Å². The summed E-state index contributed by atoms with van der Waals surface area (Å²) in [4.78, 5) is 25.5. The van der Waals surface area contributed by atoms with Gasteiger partial charge in [0.1, 0.15) is 5.02 Å². The minimum Gasteiger partial charge on any atom is -0.308 e. The summed E-state index contributed by atoms with van der Waals surface area (Å²) < 4.78 is 0. The Bertz CT molecular complexity index is 1030. The molecule has 0 bridgehead atoms. The minimum absolute atomic E-state index is 0.0148. The molecule has 0 aliphatic carbocycles. The molecule has 144 valence electrons. The molecular weight excluding hydrogens is 376 g/mol. The van der Waals surface area contributed by atoms with Crippen LogP contribution in [-0.4, -0.2) is 17.4 Å². The molecule has 3 rings (SSSR count). The molecule has 6 heteroatoms. The molecule has 28 heavy (non-hydrogen) atoms. The van der Waals surface area contributed by atoms with Gasteiger partial charge in [-0.15, -0.1) is 0 Å². The van der Waals surface area contributed by atoms with E-state index in [1.807, 2.05) is 42.5 Å². The van der Waals surface area contributed by atoms with Gasteiger partial charge in [0.05, 0.1) is 4.92 Å². The van der Waals surface area contributed by atoms with E-state index in [2.05, 4.69) is 13.8 Å². The van der Waals surface area contributed by atoms with Crippen LogP contribution in [0.3, 0.4) is 0 Å². The number of rotatable bonds is 6. The van der Waals surface area contributed by atoms with E-state index in [0.29, 0.717) is 12.5 Å². The minimum atomic E-state index is -0.576. The lowest BCUT2D eigenvalue weighted by Gasteiger charge is -2.24. The zero-order chi connectivity index (χ0) is 20.3. The van der Waals surface area contributed by atoms with E-state index < -0.39 is 4.92 Å². The third kappa shape index (κ3) is 4.31. The molecule has 1 amide bonds. The van der Waals surface area contributed by atoms with Gasteiger partial charge in [0.15, 0.2) is 0 Å². The highest BCUT2D eigenvalue weighted by molar-refractivity contribution is 6.32. The van der Waals surface area contributed by atoms with Crippen molar-refractivity contribution in [1.29, 1.82) is 0 Å². The van der Waals surface area contributed by atoms with Gasteiger partial charge in [-0.25, -0.2) is 0 Å². The number of nitrogens with zero attached hydrogens (tertiary/aromatic N) is 2. The van der Waals surface area contributed by atoms with Gasteiger partial charge in [-0.05, 0) is 47.4 Å². The number of nitro groups is 1. The monoisotopic (exact) mass is 396 g/mol. The molecule has 0 aliphatic heterocycles. The van der Waals surface area contributed by atoms with Crippen LogP contribution < -0.4 is 4.90 Å². The zero-order valence-corrected chi connectivity index (χ0v) is 16.5. The van der Waals surface area contributed by atoms with Gasteiger partial charge in [-0.3, -0.25) is 14.9 Å². The summed E-state index contributed by atoms with van der Waals surface area (Å²) in [7, 11) is 0. The number of amides is 1. The van der Waals surface area contributed by atoms with E-state index in [-0.39, 0.29) is 22.2 Å². The first-order chi connectivity index (χ1) is 13.4. The van der Waals surface area contributed by atoms with Crippen molar-refractivity contribution in [2.24, 2.45) is 5.92 Å². The molecule has 0 heterocycles. The Morgan fingerprint density at radius 2 is 1.79 bits per heavy atom. The molecule has 0 fully saturated rings. The van der Waals surface area contributed by atoms with Crippen molar-refractivity contribution in [2.45, 2.75) is 20.3 Å². The maximum Gasteiger partial charge on any atom is 0.288 e. The maximum atomic E-state index is 13.2. The molecular formula is C22H21ClN2O3. The first-order valence-electron chi connectivity index (χ1n) is 9.11. The SMILES string of the molecule is CC(C)CCN(C(=O)c1ccc(Cl)c([N+](=O)[O-])c1)c1ccc2ccccc2c1. The van der Waals surface area contributed by atoms with Crippen LogP contribution in [0.25, 0.3) is 10.8 Å². The summed E-state index contributed by atoms with van der Waals surface area (Å²) in [6.07, 6.45) is 0.814. The van der Waals surface area contributed by atoms with Gasteiger partial charge in [-0.2, -0.15) is 0 Å². The fraction of sp³-hybridized carbons (Fsp3) is 0.227. The Morgan fingerprint density at radius 3 is 2.46 bits per heavy atom. The molecule has 0 N–H and O–H groups in total. The summed E-state index contributed by atoms with van der Waals surface area (Å²) >= 11 is 5.89. The van der Waals surface area contributed by atoms with Crippen LogP contribution in [0.15, 0.2) is 60.7 Å². The molecule has 0 saturated carbocycles. The molecule has 3 aromatic rings. The van der Waals surface area contributed by atoms with Crippen molar-refractivity contribution in [2.75, 3.05) is 11.4 Å². The average molecular weight is 397 g/mol. The average Bonchev–Trinajstić information content (AvgIpc) is 2.67. The number of carbonyl (C=O) groups excluding carboxylic acids is 1. The van der Waals surface area contributed by atoms with Gasteiger partial charge in [-0.1, -0.05) is 55.8 Å². The molecule has 0 aliphatic rings. The highest BCUT2D eigenvalue weighted by Crippen LogP contribution is 2.28. The quantitative estimate of drug-likeness (QED) is 0.374. The Hall–Kier alpha value is -2.92. The first-order valence-corrected chi connectivity index (χ1v) is 9.49. The van der Waals surface area contributed by atoms with Crippen molar-refractivity contribution in [3.63, 3.8) is 0 Å². The van der Waals surface area contributed by atoms with Crippen molar-refractivity contribution >= 4 is 39.7 Å². The molecule has 0 spiro atoms. The second kappa shape index (κ2) is 8.40. The standard InChI is InChI=1S/C22H21ClN2O3/c1-15(2)11-12-24(19-9-7-16-5-3-4-6-17(16)13-19)22(26)18-8-10-20(23)21(14-18)25(27)28/h3-10,13-15H,11-12H2,1-2H3. The molecule has 0 unspecified atom stereocenters. The summed E-state index contributed by atoms with van der Waals surface area (Å²) in [5, 5.41) is 13.3. The Kier molecular flexibility index (Phi) is 5.95. The van der Waals surface area contributed by atoms with Crippen LogP contribution in [0.4, 0.5) is 11.4 Å². The summed E-state index contributed by atoms with van der Waals surface area (Å²) in [5.41, 5.74) is 0.741. The van der Waals surface area contributed by atoms with Crippen LogP contribution in [0.1, 0.15) is 30.6 Å². The summed E-state index contributed by atoms with van der Waals surface area (Å²) in [6, 6.07) is 18.0. The van der Waals surface area contributed by atoms with Gasteiger partial charge in [0.2, 0.25) is 0 Å². The van der Waals surface area contributed by atoms with Gasteiger partial charge >= 0.3 is 0 Å². The van der Waals surface area contributed by atoms with Crippen LogP contribution in [0, 0.1) is 16.0 Å². The van der Waals surface area contributed by atoms with Crippen molar-refractivity contribution < 1.29 is 9.72 Å². The molecule has 3 aromatic carbocycles. The lowest BCUT2D eigenvalue weighted by molar-refractivity contribution is -0.384. The van der Waals surface area contributed by atoms with Crippen molar-refractivity contribution in [1.82, 2.24) is 0 Å². The lowest BCUT2D eigenvalue weighted by Crippen LogP contribution is -2.32. The maximum absolute atomic E-state index is 13.2. The number of anilines is 1. The molecule has 5 nitrogen and oxygen atoms in total. The largest absolute Gasteiger partial charge is 0.308 e. The Balaban J connectivity index is 2.02. The summed E-state index contributed by atoms with van der Waals surface area (Å²) in [6.45, 7) is 4.71. The number of fused-ring (bicyclic) bond motifs is 1. The fourth-order valence-corrected chi connectivity index (χ4v) is 3.21. The van der Waals surface area contributed by atoms with Gasteiger partial charge < -0.3 is 4.90 Å². The second-order valence-corrected chi connectivity index (χ2v) is 7.50. The fourth-order valence-electron chi connectivity index (χ4n) is 3.02. The number of hydrogen-bond donors (Lipinski definition) is 0.